The van der Waals surface area contributed by atoms with Gasteiger partial charge in [-0.05, 0) is 36.8 Å². The molecule has 1 fully saturated rings. The first-order valence-electron chi connectivity index (χ1n) is 7.34. The summed E-state index contributed by atoms with van der Waals surface area (Å²) in [7, 11) is 0. The van der Waals surface area contributed by atoms with Crippen LogP contribution in [0.3, 0.4) is 0 Å². The van der Waals surface area contributed by atoms with Crippen LogP contribution >= 0.6 is 0 Å². The number of halogens is 3. The molecular formula is C16H22F3N. The molecule has 20 heavy (non-hydrogen) atoms. The van der Waals surface area contributed by atoms with Crippen LogP contribution in [0.15, 0.2) is 24.3 Å². The third kappa shape index (κ3) is 4.51. The van der Waals surface area contributed by atoms with Gasteiger partial charge in [-0.1, -0.05) is 38.0 Å². The molecule has 1 aliphatic carbocycles. The molecule has 1 nitrogen and oxygen atoms in total. The SMILES string of the molecule is CC1CCCC(NCc2cccc(C(F)(F)F)c2)CC1. The molecule has 1 saturated carbocycles. The van der Waals surface area contributed by atoms with E-state index in [1.807, 2.05) is 0 Å². The minimum absolute atomic E-state index is 0.439. The van der Waals surface area contributed by atoms with Gasteiger partial charge in [0.05, 0.1) is 5.56 Å². The fraction of sp³-hybridized carbons (Fsp3) is 0.625. The lowest BCUT2D eigenvalue weighted by Crippen LogP contribution is -2.28. The lowest BCUT2D eigenvalue weighted by Gasteiger charge is -2.17. The highest BCUT2D eigenvalue weighted by molar-refractivity contribution is 5.25. The fourth-order valence-corrected chi connectivity index (χ4v) is 2.81. The Hall–Kier alpha value is -1.03. The third-order valence-corrected chi connectivity index (χ3v) is 4.11. The van der Waals surface area contributed by atoms with Crippen molar-refractivity contribution in [2.45, 2.75) is 57.8 Å². The van der Waals surface area contributed by atoms with E-state index in [1.165, 1.54) is 31.4 Å². The van der Waals surface area contributed by atoms with Gasteiger partial charge in [0.25, 0.3) is 0 Å². The van der Waals surface area contributed by atoms with E-state index in [1.54, 1.807) is 6.07 Å². The summed E-state index contributed by atoms with van der Waals surface area (Å²) in [6.45, 7) is 2.79. The zero-order valence-corrected chi connectivity index (χ0v) is 11.8. The van der Waals surface area contributed by atoms with E-state index in [0.29, 0.717) is 18.2 Å². The minimum Gasteiger partial charge on any atom is -0.310 e. The molecule has 2 unspecified atom stereocenters. The van der Waals surface area contributed by atoms with Gasteiger partial charge in [-0.25, -0.2) is 0 Å². The zero-order chi connectivity index (χ0) is 14.6. The molecule has 0 aliphatic heterocycles. The first kappa shape index (κ1) is 15.4. The van der Waals surface area contributed by atoms with Crippen molar-refractivity contribution in [3.05, 3.63) is 35.4 Å². The topological polar surface area (TPSA) is 12.0 Å². The molecular weight excluding hydrogens is 263 g/mol. The largest absolute Gasteiger partial charge is 0.416 e. The molecule has 2 atom stereocenters. The van der Waals surface area contributed by atoms with Crippen LogP contribution in [0.1, 0.15) is 50.2 Å². The Morgan fingerprint density at radius 1 is 1.15 bits per heavy atom. The van der Waals surface area contributed by atoms with Crippen LogP contribution in [0.4, 0.5) is 13.2 Å². The Balaban J connectivity index is 1.90. The average molecular weight is 285 g/mol. The summed E-state index contributed by atoms with van der Waals surface area (Å²) < 4.78 is 37.9. The number of hydrogen-bond donors (Lipinski definition) is 1. The zero-order valence-electron chi connectivity index (χ0n) is 11.8. The van der Waals surface area contributed by atoms with Gasteiger partial charge in [0.1, 0.15) is 0 Å². The van der Waals surface area contributed by atoms with E-state index in [0.717, 1.165) is 24.8 Å². The highest BCUT2D eigenvalue weighted by atomic mass is 19.4. The van der Waals surface area contributed by atoms with Gasteiger partial charge in [-0.3, -0.25) is 0 Å². The Morgan fingerprint density at radius 2 is 1.95 bits per heavy atom. The van der Waals surface area contributed by atoms with Crippen molar-refractivity contribution in [2.75, 3.05) is 0 Å². The van der Waals surface area contributed by atoms with Crippen LogP contribution < -0.4 is 5.32 Å². The van der Waals surface area contributed by atoms with Crippen LogP contribution in [0, 0.1) is 5.92 Å². The molecule has 0 aromatic heterocycles. The van der Waals surface area contributed by atoms with Crippen LogP contribution in [0.5, 0.6) is 0 Å². The molecule has 0 heterocycles. The Labute approximate surface area is 118 Å². The number of nitrogens with one attached hydrogen (secondary N) is 1. The molecule has 1 aliphatic rings. The summed E-state index contributed by atoms with van der Waals surface area (Å²) in [4.78, 5) is 0. The van der Waals surface area contributed by atoms with Gasteiger partial charge in [0.2, 0.25) is 0 Å². The molecule has 0 saturated heterocycles. The van der Waals surface area contributed by atoms with Crippen molar-refractivity contribution < 1.29 is 13.2 Å². The van der Waals surface area contributed by atoms with Crippen LogP contribution in [0.25, 0.3) is 0 Å². The van der Waals surface area contributed by atoms with Crippen molar-refractivity contribution in [3.63, 3.8) is 0 Å². The molecule has 1 aromatic carbocycles. The van der Waals surface area contributed by atoms with Gasteiger partial charge in [-0.2, -0.15) is 13.2 Å². The van der Waals surface area contributed by atoms with E-state index in [4.69, 9.17) is 0 Å². The predicted octanol–water partition coefficient (Wildman–Crippen LogP) is 4.76. The number of alkyl halides is 3. The van der Waals surface area contributed by atoms with Crippen LogP contribution in [0.2, 0.25) is 0 Å². The number of hydrogen-bond acceptors (Lipinski definition) is 1. The molecule has 0 spiro atoms. The quantitative estimate of drug-likeness (QED) is 0.789. The van der Waals surface area contributed by atoms with Crippen molar-refractivity contribution in [2.24, 2.45) is 5.92 Å². The lowest BCUT2D eigenvalue weighted by molar-refractivity contribution is -0.137. The van der Waals surface area contributed by atoms with Crippen molar-refractivity contribution in [3.8, 4) is 0 Å². The first-order chi connectivity index (χ1) is 9.45. The van der Waals surface area contributed by atoms with Crippen LogP contribution in [-0.2, 0) is 12.7 Å². The van der Waals surface area contributed by atoms with Gasteiger partial charge < -0.3 is 5.32 Å². The van der Waals surface area contributed by atoms with Crippen molar-refractivity contribution >= 4 is 0 Å². The first-order valence-corrected chi connectivity index (χ1v) is 7.34. The fourth-order valence-electron chi connectivity index (χ4n) is 2.81. The molecule has 1 N–H and O–H groups in total. The summed E-state index contributed by atoms with van der Waals surface area (Å²) >= 11 is 0. The normalized spacial score (nSPS) is 24.4. The number of benzene rings is 1. The van der Waals surface area contributed by atoms with Crippen molar-refractivity contribution in [1.82, 2.24) is 5.32 Å². The second-order valence-corrected chi connectivity index (χ2v) is 5.89. The van der Waals surface area contributed by atoms with Gasteiger partial charge in [0.15, 0.2) is 0 Å². The standard InChI is InChI=1S/C16H22F3N/c1-12-4-2-7-15(9-8-12)20-11-13-5-3-6-14(10-13)16(17,18)19/h3,5-6,10,12,15,20H,2,4,7-9,11H2,1H3. The van der Waals surface area contributed by atoms with E-state index < -0.39 is 11.7 Å². The van der Waals surface area contributed by atoms with Crippen molar-refractivity contribution in [1.29, 1.82) is 0 Å². The second-order valence-electron chi connectivity index (χ2n) is 5.89. The molecule has 0 radical (unpaired) electrons. The van der Waals surface area contributed by atoms with Crippen LogP contribution in [-0.4, -0.2) is 6.04 Å². The smallest absolute Gasteiger partial charge is 0.310 e. The molecule has 4 heteroatoms. The van der Waals surface area contributed by atoms with Gasteiger partial charge in [-0.15, -0.1) is 0 Å². The maximum absolute atomic E-state index is 12.6. The summed E-state index contributed by atoms with van der Waals surface area (Å²) in [5.74, 6) is 0.773. The summed E-state index contributed by atoms with van der Waals surface area (Å²) in [6, 6.07) is 6.04. The highest BCUT2D eigenvalue weighted by Gasteiger charge is 2.30. The second kappa shape index (κ2) is 6.61. The van der Waals surface area contributed by atoms with E-state index >= 15 is 0 Å². The Bertz CT molecular complexity index is 428. The van der Waals surface area contributed by atoms with E-state index in [-0.39, 0.29) is 0 Å². The maximum atomic E-state index is 12.6. The summed E-state index contributed by atoms with van der Waals surface area (Å²) in [5, 5.41) is 3.41. The Kier molecular flexibility index (Phi) is 5.08. The molecule has 1 aromatic rings. The third-order valence-electron chi connectivity index (χ3n) is 4.11. The molecule has 2 rings (SSSR count). The monoisotopic (exact) mass is 285 g/mol. The van der Waals surface area contributed by atoms with E-state index in [9.17, 15) is 13.2 Å². The van der Waals surface area contributed by atoms with Gasteiger partial charge in [0, 0.05) is 12.6 Å². The average Bonchev–Trinajstić information content (AvgIpc) is 2.61. The van der Waals surface area contributed by atoms with E-state index in [2.05, 4.69) is 12.2 Å². The molecule has 112 valence electrons. The summed E-state index contributed by atoms with van der Waals surface area (Å²) in [6.07, 6.45) is 1.68. The number of rotatable bonds is 3. The minimum atomic E-state index is -4.26. The Morgan fingerprint density at radius 3 is 2.70 bits per heavy atom. The highest BCUT2D eigenvalue weighted by Crippen LogP contribution is 2.29. The predicted molar refractivity (Wildman–Crippen MR) is 74.3 cm³/mol. The molecule has 0 bridgehead atoms. The van der Waals surface area contributed by atoms with Gasteiger partial charge >= 0.3 is 6.18 Å². The lowest BCUT2D eigenvalue weighted by atomic mass is 10.0. The molecule has 0 amide bonds. The maximum Gasteiger partial charge on any atom is 0.416 e. The summed E-state index contributed by atoms with van der Waals surface area (Å²) in [5.41, 5.74) is 0.142.